The Labute approximate surface area is 613 Å². The molecule has 0 aliphatic rings. The topological polar surface area (TPSA) is 237 Å². The number of carbonyl (C=O) groups is 4. The van der Waals surface area contributed by atoms with Gasteiger partial charge in [-0.05, 0) is 43.4 Å². The molecule has 0 aromatic rings. The molecule has 0 rings (SSSR count). The molecule has 0 radical (unpaired) electrons. The number of carbonyl (C=O) groups excluding carboxylic acids is 4. The predicted molar refractivity (Wildman–Crippen MR) is 409 cm³/mol. The third kappa shape index (κ3) is 74.3. The minimum Gasteiger partial charge on any atom is -0.462 e. The first-order valence-corrected chi connectivity index (χ1v) is 44.8. The van der Waals surface area contributed by atoms with Crippen LogP contribution in [-0.4, -0.2) is 96.7 Å². The predicted octanol–water partition coefficient (Wildman–Crippen LogP) is 24.1. The number of phosphoric ester groups is 2. The fourth-order valence-electron chi connectivity index (χ4n) is 12.5. The SMILES string of the molecule is CCCCCCCCCCC(=O)OC[C@H](COP(=O)(O)OC[C@H](O)COP(=O)(O)OC[C@@H](COC(=O)CCCCCCCCCCCCCCCCCCC(C)C)OC(=O)CCCCCCCCCCCCCCCCCCCCC(C)C)OC(=O)CCCCCCCCCCCC(C)C. The van der Waals surface area contributed by atoms with Gasteiger partial charge in [0, 0.05) is 25.7 Å². The number of ether oxygens (including phenoxy) is 4. The minimum atomic E-state index is -4.96. The molecular weight excluding hydrogens is 1310 g/mol. The van der Waals surface area contributed by atoms with Crippen LogP contribution in [0.25, 0.3) is 0 Å². The van der Waals surface area contributed by atoms with E-state index in [1.807, 2.05) is 0 Å². The first-order valence-electron chi connectivity index (χ1n) is 41.8. The molecule has 0 saturated carbocycles. The van der Waals surface area contributed by atoms with E-state index in [-0.39, 0.29) is 25.7 Å². The smallest absolute Gasteiger partial charge is 0.462 e. The summed E-state index contributed by atoms with van der Waals surface area (Å²) in [6.45, 7) is 12.0. The van der Waals surface area contributed by atoms with Gasteiger partial charge in [0.1, 0.15) is 19.3 Å². The third-order valence-electron chi connectivity index (χ3n) is 18.9. The second kappa shape index (κ2) is 71.3. The van der Waals surface area contributed by atoms with E-state index in [0.29, 0.717) is 25.7 Å². The summed E-state index contributed by atoms with van der Waals surface area (Å²) in [5.41, 5.74) is 0. The van der Waals surface area contributed by atoms with Crippen LogP contribution in [0.5, 0.6) is 0 Å². The zero-order valence-corrected chi connectivity index (χ0v) is 67.5. The Morgan fingerprint density at radius 2 is 0.460 bits per heavy atom. The van der Waals surface area contributed by atoms with Gasteiger partial charge in [0.2, 0.25) is 0 Å². The lowest BCUT2D eigenvalue weighted by atomic mass is 10.0. The molecule has 17 nitrogen and oxygen atoms in total. The molecule has 3 N–H and O–H groups in total. The highest BCUT2D eigenvalue weighted by Crippen LogP contribution is 2.45. The van der Waals surface area contributed by atoms with E-state index in [1.54, 1.807) is 0 Å². The largest absolute Gasteiger partial charge is 0.472 e. The Morgan fingerprint density at radius 3 is 0.680 bits per heavy atom. The molecule has 0 aromatic heterocycles. The molecule has 2 unspecified atom stereocenters. The Kier molecular flexibility index (Phi) is 69.9. The van der Waals surface area contributed by atoms with Crippen LogP contribution in [-0.2, 0) is 65.4 Å². The molecule has 19 heteroatoms. The number of hydrogen-bond donors (Lipinski definition) is 3. The molecule has 0 aliphatic carbocycles. The van der Waals surface area contributed by atoms with Crippen molar-refractivity contribution < 1.29 is 80.2 Å². The van der Waals surface area contributed by atoms with Gasteiger partial charge in [0.25, 0.3) is 0 Å². The molecule has 0 amide bonds. The average Bonchev–Trinajstić information content (AvgIpc) is 0.975. The molecule has 0 spiro atoms. The van der Waals surface area contributed by atoms with Crippen LogP contribution < -0.4 is 0 Å². The normalized spacial score (nSPS) is 14.0. The fraction of sp³-hybridized carbons (Fsp3) is 0.951. The van der Waals surface area contributed by atoms with Gasteiger partial charge >= 0.3 is 39.5 Å². The first-order chi connectivity index (χ1) is 48.2. The van der Waals surface area contributed by atoms with Crippen LogP contribution in [0.4, 0.5) is 0 Å². The number of phosphoric acid groups is 2. The zero-order chi connectivity index (χ0) is 73.7. The zero-order valence-electron chi connectivity index (χ0n) is 65.7. The van der Waals surface area contributed by atoms with Gasteiger partial charge in [-0.25, -0.2) is 9.13 Å². The Bertz CT molecular complexity index is 1940. The van der Waals surface area contributed by atoms with Crippen LogP contribution in [0, 0.1) is 17.8 Å². The molecule has 0 saturated heterocycles. The van der Waals surface area contributed by atoms with Gasteiger partial charge in [-0.2, -0.15) is 0 Å². The van der Waals surface area contributed by atoms with Crippen molar-refractivity contribution in [2.75, 3.05) is 39.6 Å². The molecule has 594 valence electrons. The van der Waals surface area contributed by atoms with E-state index in [9.17, 15) is 43.2 Å². The van der Waals surface area contributed by atoms with Crippen molar-refractivity contribution in [2.45, 2.75) is 439 Å². The molecule has 0 fully saturated rings. The molecule has 0 bridgehead atoms. The van der Waals surface area contributed by atoms with E-state index in [1.165, 1.54) is 225 Å². The van der Waals surface area contributed by atoms with E-state index in [0.717, 1.165) is 114 Å². The number of aliphatic hydroxyl groups excluding tert-OH is 1. The molecule has 0 heterocycles. The summed E-state index contributed by atoms with van der Waals surface area (Å²) in [7, 11) is -9.91. The first kappa shape index (κ1) is 98.1. The summed E-state index contributed by atoms with van der Waals surface area (Å²) < 4.78 is 68.6. The van der Waals surface area contributed by atoms with Gasteiger partial charge in [-0.1, -0.05) is 370 Å². The summed E-state index contributed by atoms with van der Waals surface area (Å²) in [4.78, 5) is 72.9. The maximum absolute atomic E-state index is 13.1. The second-order valence-electron chi connectivity index (χ2n) is 30.6. The lowest BCUT2D eigenvalue weighted by Gasteiger charge is -2.21. The van der Waals surface area contributed by atoms with Crippen molar-refractivity contribution in [1.29, 1.82) is 0 Å². The van der Waals surface area contributed by atoms with Crippen molar-refractivity contribution >= 4 is 39.5 Å². The summed E-state index contributed by atoms with van der Waals surface area (Å²) in [6.07, 6.45) is 59.9. The molecular formula is C81H158O17P2. The highest BCUT2D eigenvalue weighted by Gasteiger charge is 2.30. The van der Waals surface area contributed by atoms with E-state index in [4.69, 9.17) is 37.0 Å². The lowest BCUT2D eigenvalue weighted by Crippen LogP contribution is -2.30. The molecule has 0 aromatic carbocycles. The van der Waals surface area contributed by atoms with Gasteiger partial charge < -0.3 is 33.8 Å². The van der Waals surface area contributed by atoms with E-state index >= 15 is 0 Å². The molecule has 100 heavy (non-hydrogen) atoms. The summed E-state index contributed by atoms with van der Waals surface area (Å²) in [5, 5.41) is 10.6. The van der Waals surface area contributed by atoms with Crippen molar-refractivity contribution in [3.63, 3.8) is 0 Å². The quantitative estimate of drug-likeness (QED) is 0.0222. The monoisotopic (exact) mass is 1470 g/mol. The highest BCUT2D eigenvalue weighted by molar-refractivity contribution is 7.47. The van der Waals surface area contributed by atoms with Crippen molar-refractivity contribution in [3.8, 4) is 0 Å². The van der Waals surface area contributed by atoms with E-state index in [2.05, 4.69) is 48.5 Å². The number of esters is 4. The Morgan fingerprint density at radius 1 is 0.270 bits per heavy atom. The summed E-state index contributed by atoms with van der Waals surface area (Å²) >= 11 is 0. The van der Waals surface area contributed by atoms with Gasteiger partial charge in [0.15, 0.2) is 12.2 Å². The van der Waals surface area contributed by atoms with Crippen molar-refractivity contribution in [2.24, 2.45) is 17.8 Å². The minimum absolute atomic E-state index is 0.105. The van der Waals surface area contributed by atoms with Crippen molar-refractivity contribution in [1.82, 2.24) is 0 Å². The second-order valence-corrected chi connectivity index (χ2v) is 33.5. The standard InChI is InChI=1S/C81H158O17P2/c1-8-9-10-11-12-41-48-55-62-78(83)91-68-76(98-81(86)65-58-51-44-37-31-34-40-47-54-61-74(6)7)70-95-99(87,88)93-66-75(82)67-94-100(89,90)96-71-77(69-92-79(84)63-56-49-42-35-29-25-21-18-17-20-24-28-33-39-46-53-60-73(4)5)97-80(85)64-57-50-43-36-30-26-22-16-14-13-15-19-23-27-32-38-45-52-59-72(2)3/h72-77,82H,8-71H2,1-7H3,(H,87,88)(H,89,90)/t75-,76+,77+/m0/s1. The number of rotatable bonds is 79. The molecule has 5 atom stereocenters. The molecule has 0 aliphatic heterocycles. The van der Waals surface area contributed by atoms with Crippen LogP contribution in [0.2, 0.25) is 0 Å². The van der Waals surface area contributed by atoms with Gasteiger partial charge in [-0.15, -0.1) is 0 Å². The fourth-order valence-corrected chi connectivity index (χ4v) is 14.1. The van der Waals surface area contributed by atoms with Crippen LogP contribution in [0.15, 0.2) is 0 Å². The van der Waals surface area contributed by atoms with Crippen LogP contribution >= 0.6 is 15.6 Å². The van der Waals surface area contributed by atoms with E-state index < -0.39 is 97.5 Å². The van der Waals surface area contributed by atoms with Crippen molar-refractivity contribution in [3.05, 3.63) is 0 Å². The number of hydrogen-bond acceptors (Lipinski definition) is 15. The van der Waals surface area contributed by atoms with Crippen LogP contribution in [0.1, 0.15) is 421 Å². The lowest BCUT2D eigenvalue weighted by molar-refractivity contribution is -0.161. The number of unbranched alkanes of at least 4 members (excludes halogenated alkanes) is 47. The Hall–Kier alpha value is -1.94. The van der Waals surface area contributed by atoms with Gasteiger partial charge in [0.05, 0.1) is 26.4 Å². The van der Waals surface area contributed by atoms with Gasteiger partial charge in [-0.3, -0.25) is 37.3 Å². The summed E-state index contributed by atoms with van der Waals surface area (Å²) in [5.74, 6) is 0.255. The maximum atomic E-state index is 13.1. The third-order valence-corrected chi connectivity index (χ3v) is 20.8. The number of aliphatic hydroxyl groups is 1. The Balaban J connectivity index is 5.18. The summed E-state index contributed by atoms with van der Waals surface area (Å²) in [6, 6.07) is 0. The highest BCUT2D eigenvalue weighted by atomic mass is 31.2. The average molecular weight is 1470 g/mol. The van der Waals surface area contributed by atoms with Crippen LogP contribution in [0.3, 0.4) is 0 Å². The maximum Gasteiger partial charge on any atom is 0.472 e.